The zero-order valence-corrected chi connectivity index (χ0v) is 10.9. The summed E-state index contributed by atoms with van der Waals surface area (Å²) < 4.78 is 41.6. The molecule has 0 saturated heterocycles. The van der Waals surface area contributed by atoms with Gasteiger partial charge in [-0.05, 0) is 18.6 Å². The van der Waals surface area contributed by atoms with Crippen LogP contribution in [0, 0.1) is 0 Å². The summed E-state index contributed by atoms with van der Waals surface area (Å²) in [5.74, 6) is 0.664. The van der Waals surface area contributed by atoms with E-state index in [1.165, 1.54) is 0 Å². The highest BCUT2D eigenvalue weighted by atomic mass is 19.4. The highest BCUT2D eigenvalue weighted by Crippen LogP contribution is 2.25. The SMILES string of the molecule is CNc1nc(OCCCC(F)(F)F)c2ccccc2n1. The molecular weight excluding hydrogens is 271 g/mol. The van der Waals surface area contributed by atoms with E-state index < -0.39 is 12.6 Å². The lowest BCUT2D eigenvalue weighted by molar-refractivity contribution is -0.136. The van der Waals surface area contributed by atoms with E-state index in [0.717, 1.165) is 0 Å². The van der Waals surface area contributed by atoms with E-state index in [4.69, 9.17) is 4.74 Å². The number of nitrogens with one attached hydrogen (secondary N) is 1. The number of halogens is 3. The van der Waals surface area contributed by atoms with E-state index in [1.807, 2.05) is 6.07 Å². The largest absolute Gasteiger partial charge is 0.477 e. The second-order valence-corrected chi connectivity index (χ2v) is 4.19. The maximum absolute atomic E-state index is 12.1. The van der Waals surface area contributed by atoms with Crippen LogP contribution in [0.5, 0.6) is 5.88 Å². The lowest BCUT2D eigenvalue weighted by Gasteiger charge is -2.10. The zero-order chi connectivity index (χ0) is 14.6. The van der Waals surface area contributed by atoms with Gasteiger partial charge in [0.25, 0.3) is 0 Å². The highest BCUT2D eigenvalue weighted by Gasteiger charge is 2.26. The Bertz CT molecular complexity index is 587. The number of alkyl halides is 3. The Morgan fingerprint density at radius 3 is 2.65 bits per heavy atom. The molecule has 108 valence electrons. The molecule has 0 radical (unpaired) electrons. The van der Waals surface area contributed by atoms with Crippen molar-refractivity contribution in [2.45, 2.75) is 19.0 Å². The van der Waals surface area contributed by atoms with Crippen LogP contribution in [-0.4, -0.2) is 29.8 Å². The van der Waals surface area contributed by atoms with Crippen molar-refractivity contribution in [3.05, 3.63) is 24.3 Å². The molecule has 0 spiro atoms. The van der Waals surface area contributed by atoms with E-state index >= 15 is 0 Å². The first-order valence-corrected chi connectivity index (χ1v) is 6.14. The van der Waals surface area contributed by atoms with Gasteiger partial charge in [-0.1, -0.05) is 12.1 Å². The topological polar surface area (TPSA) is 47.0 Å². The molecular formula is C13H14F3N3O. The van der Waals surface area contributed by atoms with E-state index in [1.54, 1.807) is 25.2 Å². The van der Waals surface area contributed by atoms with Crippen molar-refractivity contribution >= 4 is 16.9 Å². The average Bonchev–Trinajstić information content (AvgIpc) is 2.42. The lowest BCUT2D eigenvalue weighted by atomic mass is 10.2. The van der Waals surface area contributed by atoms with Gasteiger partial charge in [-0.15, -0.1) is 0 Å². The minimum Gasteiger partial charge on any atom is -0.477 e. The standard InChI is InChI=1S/C13H14F3N3O/c1-17-12-18-10-6-3-2-5-9(10)11(19-12)20-8-4-7-13(14,15)16/h2-3,5-6H,4,7-8H2,1H3,(H,17,18,19). The predicted molar refractivity (Wildman–Crippen MR) is 69.9 cm³/mol. The number of fused-ring (bicyclic) bond motifs is 1. The van der Waals surface area contributed by atoms with Crippen LogP contribution < -0.4 is 10.1 Å². The first-order valence-electron chi connectivity index (χ1n) is 6.14. The summed E-state index contributed by atoms with van der Waals surface area (Å²) in [5, 5.41) is 3.47. The van der Waals surface area contributed by atoms with Gasteiger partial charge in [-0.25, -0.2) is 4.98 Å². The molecule has 0 fully saturated rings. The fraction of sp³-hybridized carbons (Fsp3) is 0.385. The molecule has 1 N–H and O–H groups in total. The molecule has 0 aliphatic rings. The maximum atomic E-state index is 12.1. The predicted octanol–water partition coefficient (Wildman–Crippen LogP) is 3.39. The molecule has 4 nitrogen and oxygen atoms in total. The molecule has 7 heteroatoms. The molecule has 0 aliphatic carbocycles. The number of rotatable bonds is 5. The summed E-state index contributed by atoms with van der Waals surface area (Å²) in [7, 11) is 1.66. The third kappa shape index (κ3) is 3.72. The van der Waals surface area contributed by atoms with Crippen LogP contribution in [0.25, 0.3) is 10.9 Å². The van der Waals surface area contributed by atoms with Crippen LogP contribution in [0.1, 0.15) is 12.8 Å². The molecule has 2 rings (SSSR count). The number of ether oxygens (including phenoxy) is 1. The van der Waals surface area contributed by atoms with Gasteiger partial charge in [0.2, 0.25) is 11.8 Å². The van der Waals surface area contributed by atoms with Gasteiger partial charge in [0, 0.05) is 13.5 Å². The Morgan fingerprint density at radius 1 is 1.20 bits per heavy atom. The quantitative estimate of drug-likeness (QED) is 0.855. The van der Waals surface area contributed by atoms with Gasteiger partial charge in [0.1, 0.15) is 0 Å². The molecule has 1 aromatic heterocycles. The molecule has 0 atom stereocenters. The van der Waals surface area contributed by atoms with Gasteiger partial charge in [-0.3, -0.25) is 0 Å². The Kier molecular flexibility index (Phi) is 4.26. The van der Waals surface area contributed by atoms with Crippen molar-refractivity contribution in [2.24, 2.45) is 0 Å². The second-order valence-electron chi connectivity index (χ2n) is 4.19. The van der Waals surface area contributed by atoms with Gasteiger partial charge in [0.15, 0.2) is 0 Å². The molecule has 0 saturated carbocycles. The Balaban J connectivity index is 2.12. The number of hydrogen-bond donors (Lipinski definition) is 1. The number of nitrogens with zero attached hydrogens (tertiary/aromatic N) is 2. The van der Waals surface area contributed by atoms with Crippen LogP contribution in [-0.2, 0) is 0 Å². The van der Waals surface area contributed by atoms with Crippen LogP contribution in [0.4, 0.5) is 19.1 Å². The summed E-state index contributed by atoms with van der Waals surface area (Å²) >= 11 is 0. The Labute approximate surface area is 114 Å². The summed E-state index contributed by atoms with van der Waals surface area (Å²) in [5.41, 5.74) is 0.678. The average molecular weight is 285 g/mol. The Hall–Kier alpha value is -2.05. The number of para-hydroxylation sites is 1. The van der Waals surface area contributed by atoms with E-state index in [2.05, 4.69) is 15.3 Å². The molecule has 0 unspecified atom stereocenters. The number of anilines is 1. The molecule has 1 aromatic carbocycles. The van der Waals surface area contributed by atoms with Crippen molar-refractivity contribution in [1.29, 1.82) is 0 Å². The number of aromatic nitrogens is 2. The minimum atomic E-state index is -4.16. The van der Waals surface area contributed by atoms with E-state index in [-0.39, 0.29) is 13.0 Å². The Morgan fingerprint density at radius 2 is 1.95 bits per heavy atom. The summed E-state index contributed by atoms with van der Waals surface area (Å²) in [6.07, 6.45) is -5.13. The highest BCUT2D eigenvalue weighted by molar-refractivity contribution is 5.84. The third-order valence-corrected chi connectivity index (χ3v) is 2.64. The van der Waals surface area contributed by atoms with Crippen LogP contribution in [0.2, 0.25) is 0 Å². The zero-order valence-electron chi connectivity index (χ0n) is 10.9. The van der Waals surface area contributed by atoms with Crippen LogP contribution >= 0.6 is 0 Å². The van der Waals surface area contributed by atoms with Crippen LogP contribution in [0.3, 0.4) is 0 Å². The van der Waals surface area contributed by atoms with Crippen molar-refractivity contribution in [2.75, 3.05) is 19.0 Å². The normalized spacial score (nSPS) is 11.6. The van der Waals surface area contributed by atoms with Crippen molar-refractivity contribution in [1.82, 2.24) is 9.97 Å². The van der Waals surface area contributed by atoms with E-state index in [9.17, 15) is 13.2 Å². The molecule has 2 aromatic rings. The second kappa shape index (κ2) is 5.94. The summed E-state index contributed by atoms with van der Waals surface area (Å²) in [6, 6.07) is 7.18. The molecule has 0 amide bonds. The van der Waals surface area contributed by atoms with Gasteiger partial charge in [-0.2, -0.15) is 18.2 Å². The van der Waals surface area contributed by atoms with Crippen molar-refractivity contribution < 1.29 is 17.9 Å². The fourth-order valence-electron chi connectivity index (χ4n) is 1.71. The first-order chi connectivity index (χ1) is 9.49. The molecule has 20 heavy (non-hydrogen) atoms. The summed E-state index contributed by atoms with van der Waals surface area (Å²) in [6.45, 7) is -0.0380. The molecule has 0 bridgehead atoms. The number of hydrogen-bond acceptors (Lipinski definition) is 4. The monoisotopic (exact) mass is 285 g/mol. The minimum absolute atomic E-state index is 0.0380. The van der Waals surface area contributed by atoms with Gasteiger partial charge in [0.05, 0.1) is 17.5 Å². The first kappa shape index (κ1) is 14.4. The van der Waals surface area contributed by atoms with Crippen molar-refractivity contribution in [3.63, 3.8) is 0 Å². The van der Waals surface area contributed by atoms with E-state index in [0.29, 0.717) is 22.7 Å². The third-order valence-electron chi connectivity index (χ3n) is 2.64. The van der Waals surface area contributed by atoms with Crippen molar-refractivity contribution in [3.8, 4) is 5.88 Å². The maximum Gasteiger partial charge on any atom is 0.389 e. The smallest absolute Gasteiger partial charge is 0.389 e. The van der Waals surface area contributed by atoms with Crippen LogP contribution in [0.15, 0.2) is 24.3 Å². The lowest BCUT2D eigenvalue weighted by Crippen LogP contribution is -2.10. The summed E-state index contributed by atoms with van der Waals surface area (Å²) in [4.78, 5) is 8.37. The molecule has 1 heterocycles. The fourth-order valence-corrected chi connectivity index (χ4v) is 1.71. The number of benzene rings is 1. The molecule has 0 aliphatic heterocycles. The van der Waals surface area contributed by atoms with Gasteiger partial charge < -0.3 is 10.1 Å². The van der Waals surface area contributed by atoms with Gasteiger partial charge >= 0.3 is 6.18 Å².